The van der Waals surface area contributed by atoms with Crippen molar-refractivity contribution in [2.45, 2.75) is 19.3 Å². The maximum atomic E-state index is 10.9. The SMILES string of the molecule is CNC(=O)CCSSCCCC(N)=[NH+]C. The van der Waals surface area contributed by atoms with Crippen molar-refractivity contribution in [2.24, 2.45) is 5.73 Å². The van der Waals surface area contributed by atoms with Crippen molar-refractivity contribution in [3.8, 4) is 0 Å². The molecule has 0 unspecified atom stereocenters. The summed E-state index contributed by atoms with van der Waals surface area (Å²) in [5, 5.41) is 2.60. The van der Waals surface area contributed by atoms with Gasteiger partial charge in [-0.25, -0.2) is 0 Å². The first-order chi connectivity index (χ1) is 7.20. The lowest BCUT2D eigenvalue weighted by Gasteiger charge is -2.00. The Hall–Kier alpha value is -0.360. The minimum atomic E-state index is 0.107. The summed E-state index contributed by atoms with van der Waals surface area (Å²) in [6, 6.07) is 0. The van der Waals surface area contributed by atoms with Crippen LogP contribution in [0.4, 0.5) is 0 Å². The maximum absolute atomic E-state index is 10.9. The van der Waals surface area contributed by atoms with Gasteiger partial charge in [0.05, 0.1) is 7.05 Å². The van der Waals surface area contributed by atoms with E-state index in [4.69, 9.17) is 5.73 Å². The highest BCUT2D eigenvalue weighted by Crippen LogP contribution is 2.22. The number of amides is 1. The fourth-order valence-corrected chi connectivity index (χ4v) is 2.90. The summed E-state index contributed by atoms with van der Waals surface area (Å²) < 4.78 is 0. The Morgan fingerprint density at radius 1 is 1.33 bits per heavy atom. The van der Waals surface area contributed by atoms with Gasteiger partial charge in [-0.3, -0.25) is 15.5 Å². The number of carbonyl (C=O) groups excluding carboxylic acids is 1. The lowest BCUT2D eigenvalue weighted by molar-refractivity contribution is -0.422. The van der Waals surface area contributed by atoms with E-state index in [1.54, 1.807) is 28.6 Å². The molecule has 0 saturated carbocycles. The van der Waals surface area contributed by atoms with Crippen molar-refractivity contribution in [3.63, 3.8) is 0 Å². The molecule has 0 spiro atoms. The predicted octanol–water partition coefficient (Wildman–Crippen LogP) is -0.648. The molecule has 1 amide bonds. The molecule has 0 aliphatic carbocycles. The van der Waals surface area contributed by atoms with Gasteiger partial charge in [-0.15, -0.1) is 0 Å². The van der Waals surface area contributed by atoms with E-state index in [1.807, 2.05) is 7.05 Å². The Morgan fingerprint density at radius 2 is 2.00 bits per heavy atom. The third-order valence-corrected chi connectivity index (χ3v) is 4.26. The fourth-order valence-electron chi connectivity index (χ4n) is 0.824. The molecular weight excluding hydrogens is 230 g/mol. The number of amidine groups is 1. The van der Waals surface area contributed by atoms with Crippen LogP contribution in [0.15, 0.2) is 0 Å². The van der Waals surface area contributed by atoms with Crippen LogP contribution >= 0.6 is 21.6 Å². The van der Waals surface area contributed by atoms with Gasteiger partial charge in [0.2, 0.25) is 11.7 Å². The van der Waals surface area contributed by atoms with Gasteiger partial charge in [0.25, 0.3) is 0 Å². The molecule has 0 aromatic rings. The summed E-state index contributed by atoms with van der Waals surface area (Å²) in [6.07, 6.45) is 2.59. The van der Waals surface area contributed by atoms with Crippen molar-refractivity contribution in [2.75, 3.05) is 25.6 Å². The number of carbonyl (C=O) groups is 1. The summed E-state index contributed by atoms with van der Waals surface area (Å²) in [5.41, 5.74) is 5.61. The first-order valence-electron chi connectivity index (χ1n) is 4.94. The number of hydrogen-bond donors (Lipinski definition) is 3. The molecule has 0 aromatic carbocycles. The highest BCUT2D eigenvalue weighted by atomic mass is 33.1. The second kappa shape index (κ2) is 10.2. The fraction of sp³-hybridized carbons (Fsp3) is 0.778. The van der Waals surface area contributed by atoms with Gasteiger partial charge in [-0.1, -0.05) is 21.6 Å². The molecule has 0 aliphatic heterocycles. The van der Waals surface area contributed by atoms with Crippen LogP contribution in [0.25, 0.3) is 0 Å². The van der Waals surface area contributed by atoms with Crippen LogP contribution in [0.5, 0.6) is 0 Å². The second-order valence-electron chi connectivity index (χ2n) is 2.95. The summed E-state index contributed by atoms with van der Waals surface area (Å²) in [6.45, 7) is 0. The van der Waals surface area contributed by atoms with E-state index in [-0.39, 0.29) is 5.91 Å². The molecule has 0 atom stereocenters. The maximum Gasteiger partial charge on any atom is 0.240 e. The number of rotatable bonds is 8. The van der Waals surface area contributed by atoms with E-state index < -0.39 is 0 Å². The van der Waals surface area contributed by atoms with Crippen LogP contribution < -0.4 is 16.0 Å². The Kier molecular flexibility index (Phi) is 9.92. The molecule has 4 N–H and O–H groups in total. The molecule has 0 radical (unpaired) electrons. The number of nitrogens with one attached hydrogen (secondary N) is 2. The van der Waals surface area contributed by atoms with Gasteiger partial charge in [-0.2, -0.15) is 0 Å². The van der Waals surface area contributed by atoms with Gasteiger partial charge >= 0.3 is 0 Å². The zero-order chi connectivity index (χ0) is 11.5. The van der Waals surface area contributed by atoms with Gasteiger partial charge in [-0.05, 0) is 6.42 Å². The van der Waals surface area contributed by atoms with Crippen molar-refractivity contribution >= 4 is 33.3 Å². The molecular formula is C9H20N3OS2+. The lowest BCUT2D eigenvalue weighted by atomic mass is 10.3. The standard InChI is InChI=1S/C9H19N3OS2/c1-11-8(10)4-3-6-14-15-7-5-9(13)12-2/h3-7H2,1-2H3,(H2,10,11)(H,12,13)/p+1. The average molecular weight is 250 g/mol. The summed E-state index contributed by atoms with van der Waals surface area (Å²) >= 11 is 0. The second-order valence-corrected chi connectivity index (χ2v) is 5.65. The minimum Gasteiger partial charge on any atom is -0.359 e. The van der Waals surface area contributed by atoms with Crippen molar-refractivity contribution in [1.29, 1.82) is 0 Å². The molecule has 0 heterocycles. The quantitative estimate of drug-likeness (QED) is 0.232. The highest BCUT2D eigenvalue weighted by Gasteiger charge is 1.99. The van der Waals surface area contributed by atoms with Crippen LogP contribution in [0, 0.1) is 0 Å². The van der Waals surface area contributed by atoms with Gasteiger partial charge < -0.3 is 5.32 Å². The third kappa shape index (κ3) is 9.93. The Labute approximate surface area is 99.3 Å². The number of hydrogen-bond acceptors (Lipinski definition) is 3. The molecule has 0 bridgehead atoms. The van der Waals surface area contributed by atoms with E-state index in [9.17, 15) is 4.79 Å². The van der Waals surface area contributed by atoms with E-state index in [1.165, 1.54) is 0 Å². The van der Waals surface area contributed by atoms with E-state index in [2.05, 4.69) is 10.3 Å². The van der Waals surface area contributed by atoms with E-state index in [0.29, 0.717) is 6.42 Å². The average Bonchev–Trinajstić information content (AvgIpc) is 2.26. The monoisotopic (exact) mass is 250 g/mol. The normalized spacial score (nSPS) is 11.5. The molecule has 0 saturated heterocycles. The summed E-state index contributed by atoms with van der Waals surface area (Å²) in [4.78, 5) is 13.8. The molecule has 15 heavy (non-hydrogen) atoms. The predicted molar refractivity (Wildman–Crippen MR) is 68.9 cm³/mol. The minimum absolute atomic E-state index is 0.107. The van der Waals surface area contributed by atoms with Gasteiger partial charge in [0.15, 0.2) is 0 Å². The van der Waals surface area contributed by atoms with E-state index >= 15 is 0 Å². The third-order valence-electron chi connectivity index (χ3n) is 1.77. The highest BCUT2D eigenvalue weighted by molar-refractivity contribution is 8.76. The molecule has 6 heteroatoms. The number of nitrogens with two attached hydrogens (primary N) is 1. The van der Waals surface area contributed by atoms with Gasteiger partial charge in [0, 0.05) is 31.4 Å². The topological polar surface area (TPSA) is 69.1 Å². The van der Waals surface area contributed by atoms with Crippen molar-refractivity contribution < 1.29 is 9.79 Å². The van der Waals surface area contributed by atoms with Crippen molar-refractivity contribution in [1.82, 2.24) is 5.32 Å². The van der Waals surface area contributed by atoms with E-state index in [0.717, 1.165) is 30.2 Å². The lowest BCUT2D eigenvalue weighted by Crippen LogP contribution is -2.70. The van der Waals surface area contributed by atoms with Crippen LogP contribution in [0.1, 0.15) is 19.3 Å². The van der Waals surface area contributed by atoms with Crippen molar-refractivity contribution in [3.05, 3.63) is 0 Å². The zero-order valence-electron chi connectivity index (χ0n) is 9.34. The molecule has 0 aromatic heterocycles. The van der Waals surface area contributed by atoms with Gasteiger partial charge in [0.1, 0.15) is 0 Å². The first kappa shape index (κ1) is 14.6. The Morgan fingerprint density at radius 3 is 2.60 bits per heavy atom. The molecule has 0 fully saturated rings. The zero-order valence-corrected chi connectivity index (χ0v) is 11.0. The Bertz CT molecular complexity index is 210. The molecule has 4 nitrogen and oxygen atoms in total. The molecule has 0 rings (SSSR count). The summed E-state index contributed by atoms with van der Waals surface area (Å²) in [7, 11) is 7.04. The summed E-state index contributed by atoms with van der Waals surface area (Å²) in [5.74, 6) is 2.89. The van der Waals surface area contributed by atoms with Crippen LogP contribution in [-0.4, -0.2) is 37.3 Å². The van der Waals surface area contributed by atoms with Crippen LogP contribution in [0.3, 0.4) is 0 Å². The largest absolute Gasteiger partial charge is 0.359 e. The van der Waals surface area contributed by atoms with Crippen LogP contribution in [0.2, 0.25) is 0 Å². The Balaban J connectivity index is 3.15. The van der Waals surface area contributed by atoms with Crippen LogP contribution in [-0.2, 0) is 4.79 Å². The molecule has 88 valence electrons. The smallest absolute Gasteiger partial charge is 0.240 e. The molecule has 0 aliphatic rings. The first-order valence-corrected chi connectivity index (χ1v) is 7.43.